The second-order valence-electron chi connectivity index (χ2n) is 6.29. The highest BCUT2D eigenvalue weighted by atomic mass is 16.1. The Balaban J connectivity index is 1.53. The number of aryl methyl sites for hydroxylation is 1. The molecule has 2 aromatic rings. The van der Waals surface area contributed by atoms with E-state index in [2.05, 4.69) is 26.3 Å². The normalized spacial score (nSPS) is 14.8. The smallest absolute Gasteiger partial charge is 0.223 e. The number of nitrogens with one attached hydrogen (secondary N) is 1. The van der Waals surface area contributed by atoms with E-state index >= 15 is 0 Å². The van der Waals surface area contributed by atoms with Crippen molar-refractivity contribution in [2.75, 3.05) is 18.0 Å². The van der Waals surface area contributed by atoms with E-state index in [9.17, 15) is 4.79 Å². The highest BCUT2D eigenvalue weighted by Gasteiger charge is 2.25. The van der Waals surface area contributed by atoms with Crippen LogP contribution >= 0.6 is 0 Å². The van der Waals surface area contributed by atoms with E-state index in [0.29, 0.717) is 12.2 Å². The number of anilines is 1. The van der Waals surface area contributed by atoms with Crippen LogP contribution in [0.3, 0.4) is 0 Å². The van der Waals surface area contributed by atoms with Crippen LogP contribution in [0.15, 0.2) is 36.7 Å². The van der Waals surface area contributed by atoms with Gasteiger partial charge in [0, 0.05) is 37.9 Å². The molecule has 128 valence electrons. The van der Waals surface area contributed by atoms with E-state index < -0.39 is 0 Å². The van der Waals surface area contributed by atoms with Gasteiger partial charge in [-0.05, 0) is 43.0 Å². The number of carbonyl (C=O) groups excluding carboxylic acids is 1. The minimum Gasteiger partial charge on any atom is -0.357 e. The lowest BCUT2D eigenvalue weighted by atomic mass is 9.95. The van der Waals surface area contributed by atoms with Gasteiger partial charge in [0.1, 0.15) is 17.6 Å². The summed E-state index contributed by atoms with van der Waals surface area (Å²) in [6, 6.07) is 9.81. The van der Waals surface area contributed by atoms with Crippen molar-refractivity contribution in [3.05, 3.63) is 53.5 Å². The summed E-state index contributed by atoms with van der Waals surface area (Å²) in [7, 11) is 0. The molecule has 0 bridgehead atoms. The van der Waals surface area contributed by atoms with Gasteiger partial charge >= 0.3 is 0 Å². The van der Waals surface area contributed by atoms with Crippen LogP contribution in [-0.2, 0) is 11.3 Å². The molecule has 1 amide bonds. The average molecular weight is 335 g/mol. The first-order valence-corrected chi connectivity index (χ1v) is 8.46. The number of piperidine rings is 1. The van der Waals surface area contributed by atoms with Gasteiger partial charge in [-0.1, -0.05) is 12.1 Å². The highest BCUT2D eigenvalue weighted by Crippen LogP contribution is 2.23. The van der Waals surface area contributed by atoms with Crippen molar-refractivity contribution in [3.63, 3.8) is 0 Å². The zero-order valence-corrected chi connectivity index (χ0v) is 14.3. The minimum atomic E-state index is 0.0220. The van der Waals surface area contributed by atoms with Crippen molar-refractivity contribution < 1.29 is 4.79 Å². The van der Waals surface area contributed by atoms with E-state index in [1.54, 1.807) is 12.4 Å². The molecule has 0 unspecified atom stereocenters. The van der Waals surface area contributed by atoms with Crippen LogP contribution in [0.5, 0.6) is 0 Å². The van der Waals surface area contributed by atoms with Crippen molar-refractivity contribution in [2.24, 2.45) is 5.92 Å². The Labute approximate surface area is 147 Å². The number of nitrogens with zero attached hydrogens (tertiary/aromatic N) is 4. The molecule has 1 fully saturated rings. The maximum Gasteiger partial charge on any atom is 0.223 e. The first kappa shape index (κ1) is 16.9. The molecule has 6 nitrogen and oxygen atoms in total. The van der Waals surface area contributed by atoms with Crippen LogP contribution in [0.2, 0.25) is 0 Å². The van der Waals surface area contributed by atoms with Crippen molar-refractivity contribution in [2.45, 2.75) is 26.3 Å². The molecule has 1 saturated heterocycles. The highest BCUT2D eigenvalue weighted by molar-refractivity contribution is 5.79. The van der Waals surface area contributed by atoms with Crippen LogP contribution in [-0.4, -0.2) is 29.0 Å². The fourth-order valence-corrected chi connectivity index (χ4v) is 3.01. The van der Waals surface area contributed by atoms with E-state index in [4.69, 9.17) is 5.26 Å². The SMILES string of the molecule is Cc1ccc(N2CCC(C(=O)NCc3cccnc3)CC2)nc1C#N. The van der Waals surface area contributed by atoms with Gasteiger partial charge in [0.25, 0.3) is 0 Å². The Hall–Kier alpha value is -2.94. The average Bonchev–Trinajstić information content (AvgIpc) is 2.67. The molecule has 3 heterocycles. The third-order valence-corrected chi connectivity index (χ3v) is 4.57. The summed E-state index contributed by atoms with van der Waals surface area (Å²) < 4.78 is 0. The van der Waals surface area contributed by atoms with Gasteiger partial charge < -0.3 is 10.2 Å². The number of rotatable bonds is 4. The fourth-order valence-electron chi connectivity index (χ4n) is 3.01. The second kappa shape index (κ2) is 7.75. The molecule has 0 atom stereocenters. The molecule has 0 spiro atoms. The lowest BCUT2D eigenvalue weighted by Crippen LogP contribution is -2.40. The quantitative estimate of drug-likeness (QED) is 0.926. The van der Waals surface area contributed by atoms with Gasteiger partial charge in [-0.3, -0.25) is 9.78 Å². The molecular weight excluding hydrogens is 314 g/mol. The molecule has 0 saturated carbocycles. The number of hydrogen-bond acceptors (Lipinski definition) is 5. The maximum atomic E-state index is 12.4. The first-order valence-electron chi connectivity index (χ1n) is 8.46. The Kier molecular flexibility index (Phi) is 5.24. The molecule has 6 heteroatoms. The molecule has 0 radical (unpaired) electrons. The van der Waals surface area contributed by atoms with Gasteiger partial charge in [-0.25, -0.2) is 4.98 Å². The number of amides is 1. The topological polar surface area (TPSA) is 81.9 Å². The fraction of sp³-hybridized carbons (Fsp3) is 0.368. The summed E-state index contributed by atoms with van der Waals surface area (Å²) in [4.78, 5) is 23.0. The minimum absolute atomic E-state index is 0.0220. The van der Waals surface area contributed by atoms with Crippen LogP contribution in [0.1, 0.15) is 29.7 Å². The van der Waals surface area contributed by atoms with Crippen LogP contribution in [0.4, 0.5) is 5.82 Å². The zero-order valence-electron chi connectivity index (χ0n) is 14.3. The van der Waals surface area contributed by atoms with Gasteiger partial charge in [-0.15, -0.1) is 0 Å². The molecule has 1 aliphatic heterocycles. The summed E-state index contributed by atoms with van der Waals surface area (Å²) in [5.74, 6) is 0.934. The molecule has 3 rings (SSSR count). The Morgan fingerprint density at radius 3 is 2.84 bits per heavy atom. The summed E-state index contributed by atoms with van der Waals surface area (Å²) in [5.41, 5.74) is 2.35. The Morgan fingerprint density at radius 1 is 1.36 bits per heavy atom. The van der Waals surface area contributed by atoms with Gasteiger partial charge in [0.05, 0.1) is 0 Å². The molecule has 2 aromatic heterocycles. The number of pyridine rings is 2. The summed E-state index contributed by atoms with van der Waals surface area (Å²) in [6.07, 6.45) is 5.06. The Morgan fingerprint density at radius 2 is 2.16 bits per heavy atom. The van der Waals surface area contributed by atoms with Crippen molar-refractivity contribution in [1.29, 1.82) is 5.26 Å². The predicted molar refractivity (Wildman–Crippen MR) is 94.7 cm³/mol. The molecule has 0 aromatic carbocycles. The van der Waals surface area contributed by atoms with Crippen molar-refractivity contribution >= 4 is 11.7 Å². The first-order chi connectivity index (χ1) is 12.2. The standard InChI is InChI=1S/C19H21N5O/c1-14-4-5-18(23-17(14)11-20)24-9-6-16(7-10-24)19(25)22-13-15-3-2-8-21-12-15/h2-5,8,12,16H,6-7,9-10,13H2,1H3,(H,22,25). The molecular formula is C19H21N5O. The lowest BCUT2D eigenvalue weighted by molar-refractivity contribution is -0.125. The van der Waals surface area contributed by atoms with Crippen LogP contribution < -0.4 is 10.2 Å². The summed E-state index contributed by atoms with van der Waals surface area (Å²) >= 11 is 0. The molecule has 25 heavy (non-hydrogen) atoms. The number of nitriles is 1. The van der Waals surface area contributed by atoms with Gasteiger partial charge in [0.15, 0.2) is 0 Å². The Bertz CT molecular complexity index is 776. The van der Waals surface area contributed by atoms with Gasteiger partial charge in [-0.2, -0.15) is 5.26 Å². The lowest BCUT2D eigenvalue weighted by Gasteiger charge is -2.32. The third kappa shape index (κ3) is 4.13. The van der Waals surface area contributed by atoms with E-state index in [-0.39, 0.29) is 11.8 Å². The van der Waals surface area contributed by atoms with Crippen LogP contribution in [0, 0.1) is 24.2 Å². The molecule has 1 N–H and O–H groups in total. The summed E-state index contributed by atoms with van der Waals surface area (Å²) in [5, 5.41) is 12.1. The van der Waals surface area contributed by atoms with Crippen molar-refractivity contribution in [1.82, 2.24) is 15.3 Å². The second-order valence-corrected chi connectivity index (χ2v) is 6.29. The third-order valence-electron chi connectivity index (χ3n) is 4.57. The van der Waals surface area contributed by atoms with E-state index in [1.807, 2.05) is 31.2 Å². The number of carbonyl (C=O) groups is 1. The monoisotopic (exact) mass is 335 g/mol. The van der Waals surface area contributed by atoms with Crippen LogP contribution in [0.25, 0.3) is 0 Å². The largest absolute Gasteiger partial charge is 0.357 e. The van der Waals surface area contributed by atoms with E-state index in [0.717, 1.165) is 42.9 Å². The summed E-state index contributed by atoms with van der Waals surface area (Å²) in [6.45, 7) is 3.93. The zero-order chi connectivity index (χ0) is 17.6. The molecule has 1 aliphatic rings. The number of hydrogen-bond donors (Lipinski definition) is 1. The number of aromatic nitrogens is 2. The maximum absolute atomic E-state index is 12.4. The van der Waals surface area contributed by atoms with Crippen molar-refractivity contribution in [3.8, 4) is 6.07 Å². The molecule has 0 aliphatic carbocycles. The van der Waals surface area contributed by atoms with E-state index in [1.165, 1.54) is 0 Å². The van der Waals surface area contributed by atoms with Gasteiger partial charge in [0.2, 0.25) is 5.91 Å². The predicted octanol–water partition coefficient (Wildman–Crippen LogP) is 2.19.